The SMILES string of the molecule is c1ccc(OCC2CCN(CCn3cccn3)CC2)cc1. The smallest absolute Gasteiger partial charge is 0.119 e. The van der Waals surface area contributed by atoms with Crippen molar-refractivity contribution in [3.63, 3.8) is 0 Å². The molecular weight excluding hydrogens is 262 g/mol. The van der Waals surface area contributed by atoms with Crippen LogP contribution >= 0.6 is 0 Å². The standard InChI is InChI=1S/C17H23N3O/c1-2-5-17(6-3-1)21-15-16-7-11-19(12-8-16)13-14-20-10-4-9-18-20/h1-6,9-10,16H,7-8,11-15H2. The van der Waals surface area contributed by atoms with Gasteiger partial charge in [0.2, 0.25) is 0 Å². The summed E-state index contributed by atoms with van der Waals surface area (Å²) in [5, 5.41) is 4.25. The number of aromatic nitrogens is 2. The normalized spacial score (nSPS) is 17.0. The zero-order valence-electron chi connectivity index (χ0n) is 12.4. The van der Waals surface area contributed by atoms with E-state index in [1.807, 2.05) is 53.5 Å². The summed E-state index contributed by atoms with van der Waals surface area (Å²) >= 11 is 0. The zero-order valence-corrected chi connectivity index (χ0v) is 12.4. The zero-order chi connectivity index (χ0) is 14.3. The van der Waals surface area contributed by atoms with E-state index in [-0.39, 0.29) is 0 Å². The van der Waals surface area contributed by atoms with Crippen LogP contribution in [0.15, 0.2) is 48.8 Å². The van der Waals surface area contributed by atoms with Crippen molar-refractivity contribution >= 4 is 0 Å². The van der Waals surface area contributed by atoms with Gasteiger partial charge in [-0.05, 0) is 50.0 Å². The predicted molar refractivity (Wildman–Crippen MR) is 83.3 cm³/mol. The quantitative estimate of drug-likeness (QED) is 0.817. The van der Waals surface area contributed by atoms with Crippen molar-refractivity contribution in [2.45, 2.75) is 19.4 Å². The van der Waals surface area contributed by atoms with Gasteiger partial charge in [-0.15, -0.1) is 0 Å². The number of hydrogen-bond acceptors (Lipinski definition) is 3. The average molecular weight is 285 g/mol. The molecule has 2 aromatic rings. The van der Waals surface area contributed by atoms with E-state index < -0.39 is 0 Å². The lowest BCUT2D eigenvalue weighted by Crippen LogP contribution is -2.37. The number of benzene rings is 1. The second-order valence-electron chi connectivity index (χ2n) is 5.68. The number of hydrogen-bond donors (Lipinski definition) is 0. The summed E-state index contributed by atoms with van der Waals surface area (Å²) in [6.07, 6.45) is 6.32. The van der Waals surface area contributed by atoms with Gasteiger partial charge in [0.15, 0.2) is 0 Å². The predicted octanol–water partition coefficient (Wildman–Crippen LogP) is 2.67. The van der Waals surface area contributed by atoms with Crippen molar-refractivity contribution in [2.75, 3.05) is 26.2 Å². The summed E-state index contributed by atoms with van der Waals surface area (Å²) in [6, 6.07) is 12.1. The maximum atomic E-state index is 5.87. The molecule has 4 nitrogen and oxygen atoms in total. The number of likely N-dealkylation sites (tertiary alicyclic amines) is 1. The number of rotatable bonds is 6. The molecule has 1 aromatic carbocycles. The van der Waals surface area contributed by atoms with E-state index in [0.29, 0.717) is 5.92 Å². The highest BCUT2D eigenvalue weighted by Gasteiger charge is 2.19. The van der Waals surface area contributed by atoms with Gasteiger partial charge in [-0.2, -0.15) is 5.10 Å². The second-order valence-corrected chi connectivity index (χ2v) is 5.68. The largest absolute Gasteiger partial charge is 0.493 e. The fourth-order valence-corrected chi connectivity index (χ4v) is 2.78. The monoisotopic (exact) mass is 285 g/mol. The van der Waals surface area contributed by atoms with E-state index >= 15 is 0 Å². The van der Waals surface area contributed by atoms with Gasteiger partial charge in [0.05, 0.1) is 13.2 Å². The Morgan fingerprint density at radius 3 is 2.57 bits per heavy atom. The summed E-state index contributed by atoms with van der Waals surface area (Å²) in [5.41, 5.74) is 0. The van der Waals surface area contributed by atoms with Crippen LogP contribution in [0.5, 0.6) is 5.75 Å². The molecule has 1 saturated heterocycles. The van der Waals surface area contributed by atoms with Gasteiger partial charge in [0, 0.05) is 18.9 Å². The molecule has 21 heavy (non-hydrogen) atoms. The van der Waals surface area contributed by atoms with Gasteiger partial charge in [-0.25, -0.2) is 0 Å². The Morgan fingerprint density at radius 1 is 1.05 bits per heavy atom. The Hall–Kier alpha value is -1.81. The Kier molecular flexibility index (Phi) is 4.90. The molecule has 2 heterocycles. The van der Waals surface area contributed by atoms with Crippen LogP contribution in [-0.2, 0) is 6.54 Å². The van der Waals surface area contributed by atoms with Gasteiger partial charge < -0.3 is 9.64 Å². The molecule has 0 spiro atoms. The molecule has 0 unspecified atom stereocenters. The summed E-state index contributed by atoms with van der Waals surface area (Å²) in [7, 11) is 0. The van der Waals surface area contributed by atoms with Crippen molar-refractivity contribution in [3.8, 4) is 5.75 Å². The first-order valence-corrected chi connectivity index (χ1v) is 7.78. The van der Waals surface area contributed by atoms with Gasteiger partial charge >= 0.3 is 0 Å². The minimum Gasteiger partial charge on any atom is -0.493 e. The van der Waals surface area contributed by atoms with Crippen LogP contribution in [0, 0.1) is 5.92 Å². The molecule has 1 aromatic heterocycles. The van der Waals surface area contributed by atoms with Gasteiger partial charge in [-0.1, -0.05) is 18.2 Å². The lowest BCUT2D eigenvalue weighted by Gasteiger charge is -2.31. The maximum absolute atomic E-state index is 5.87. The first kappa shape index (κ1) is 14.1. The summed E-state index contributed by atoms with van der Waals surface area (Å²) in [6.45, 7) is 5.26. The fourth-order valence-electron chi connectivity index (χ4n) is 2.78. The molecule has 0 saturated carbocycles. The Labute approximate surface area is 126 Å². The Bertz CT molecular complexity index is 504. The minimum absolute atomic E-state index is 0.686. The number of nitrogens with zero attached hydrogens (tertiary/aromatic N) is 3. The number of ether oxygens (including phenoxy) is 1. The van der Waals surface area contributed by atoms with Crippen molar-refractivity contribution in [1.82, 2.24) is 14.7 Å². The van der Waals surface area contributed by atoms with Crippen LogP contribution in [0.3, 0.4) is 0 Å². The topological polar surface area (TPSA) is 30.3 Å². The van der Waals surface area contributed by atoms with E-state index in [1.54, 1.807) is 0 Å². The number of piperidine rings is 1. The van der Waals surface area contributed by atoms with E-state index in [1.165, 1.54) is 25.9 Å². The molecule has 1 aliphatic rings. The first-order valence-electron chi connectivity index (χ1n) is 7.78. The Balaban J connectivity index is 1.35. The minimum atomic E-state index is 0.686. The van der Waals surface area contributed by atoms with Crippen LogP contribution in [0.1, 0.15) is 12.8 Å². The van der Waals surface area contributed by atoms with Crippen LogP contribution in [0.4, 0.5) is 0 Å². The van der Waals surface area contributed by atoms with Crippen molar-refractivity contribution in [1.29, 1.82) is 0 Å². The van der Waals surface area contributed by atoms with Crippen LogP contribution in [0.2, 0.25) is 0 Å². The summed E-state index contributed by atoms with van der Waals surface area (Å²) in [4.78, 5) is 2.53. The lowest BCUT2D eigenvalue weighted by atomic mass is 9.98. The van der Waals surface area contributed by atoms with Crippen LogP contribution < -0.4 is 4.74 Å². The molecule has 4 heteroatoms. The lowest BCUT2D eigenvalue weighted by molar-refractivity contribution is 0.137. The number of para-hydroxylation sites is 1. The van der Waals surface area contributed by atoms with E-state index in [0.717, 1.165) is 25.4 Å². The molecule has 0 bridgehead atoms. The molecule has 0 atom stereocenters. The van der Waals surface area contributed by atoms with E-state index in [4.69, 9.17) is 4.74 Å². The molecule has 0 radical (unpaired) electrons. The van der Waals surface area contributed by atoms with Crippen molar-refractivity contribution in [2.24, 2.45) is 5.92 Å². The molecule has 0 aliphatic carbocycles. The molecular formula is C17H23N3O. The molecule has 0 amide bonds. The highest BCUT2D eigenvalue weighted by molar-refractivity contribution is 5.20. The van der Waals surface area contributed by atoms with Gasteiger partial charge in [-0.3, -0.25) is 4.68 Å². The maximum Gasteiger partial charge on any atom is 0.119 e. The van der Waals surface area contributed by atoms with E-state index in [2.05, 4.69) is 10.00 Å². The summed E-state index contributed by atoms with van der Waals surface area (Å²) < 4.78 is 7.87. The fraction of sp³-hybridized carbons (Fsp3) is 0.471. The molecule has 0 N–H and O–H groups in total. The third kappa shape index (κ3) is 4.33. The molecule has 112 valence electrons. The van der Waals surface area contributed by atoms with Crippen LogP contribution in [-0.4, -0.2) is 40.9 Å². The van der Waals surface area contributed by atoms with Crippen molar-refractivity contribution < 1.29 is 4.74 Å². The van der Waals surface area contributed by atoms with Crippen LogP contribution in [0.25, 0.3) is 0 Å². The van der Waals surface area contributed by atoms with Gasteiger partial charge in [0.1, 0.15) is 5.75 Å². The highest BCUT2D eigenvalue weighted by Crippen LogP contribution is 2.19. The molecule has 1 fully saturated rings. The second kappa shape index (κ2) is 7.27. The third-order valence-corrected chi connectivity index (χ3v) is 4.14. The summed E-state index contributed by atoms with van der Waals surface area (Å²) in [5.74, 6) is 1.67. The first-order chi connectivity index (χ1) is 10.4. The highest BCUT2D eigenvalue weighted by atomic mass is 16.5. The molecule has 3 rings (SSSR count). The average Bonchev–Trinajstić information content (AvgIpc) is 3.06. The van der Waals surface area contributed by atoms with E-state index in [9.17, 15) is 0 Å². The van der Waals surface area contributed by atoms with Crippen molar-refractivity contribution in [3.05, 3.63) is 48.8 Å². The van der Waals surface area contributed by atoms with Gasteiger partial charge in [0.25, 0.3) is 0 Å². The Morgan fingerprint density at radius 2 is 1.86 bits per heavy atom. The third-order valence-electron chi connectivity index (χ3n) is 4.14. The molecule has 1 aliphatic heterocycles.